The molecule has 3 atom stereocenters. The molecule has 146 valence electrons. The van der Waals surface area contributed by atoms with E-state index >= 15 is 0 Å². The number of likely N-dealkylation sites (tertiary alicyclic amines) is 1. The Labute approximate surface area is 165 Å². The van der Waals surface area contributed by atoms with Crippen LogP contribution in [0.4, 0.5) is 0 Å². The average Bonchev–Trinajstić information content (AvgIpc) is 3.03. The lowest BCUT2D eigenvalue weighted by Crippen LogP contribution is -2.68. The van der Waals surface area contributed by atoms with Gasteiger partial charge in [-0.2, -0.15) is 0 Å². The number of carbonyl (C=O) groups is 2. The minimum absolute atomic E-state index is 0.126. The fraction of sp³-hybridized carbons (Fsp3) is 0.391. The summed E-state index contributed by atoms with van der Waals surface area (Å²) in [4.78, 5) is 27.2. The summed E-state index contributed by atoms with van der Waals surface area (Å²) in [5, 5.41) is 0. The highest BCUT2D eigenvalue weighted by Gasteiger charge is 2.58. The number of ether oxygens (including phenoxy) is 2. The maximum Gasteiger partial charge on any atom is 0.236 e. The van der Waals surface area contributed by atoms with Crippen molar-refractivity contribution in [2.45, 2.75) is 44.7 Å². The van der Waals surface area contributed by atoms with E-state index in [-0.39, 0.29) is 29.9 Å². The molecule has 2 aliphatic heterocycles. The van der Waals surface area contributed by atoms with E-state index in [9.17, 15) is 9.59 Å². The number of nitrogens with zero attached hydrogens (tertiary/aromatic N) is 1. The van der Waals surface area contributed by atoms with Crippen molar-refractivity contribution in [3.63, 3.8) is 0 Å². The average molecular weight is 379 g/mol. The van der Waals surface area contributed by atoms with Crippen molar-refractivity contribution >= 4 is 11.7 Å². The molecule has 5 nitrogen and oxygen atoms in total. The molecular weight excluding hydrogens is 354 g/mol. The Morgan fingerprint density at radius 2 is 1.57 bits per heavy atom. The van der Waals surface area contributed by atoms with Gasteiger partial charge < -0.3 is 14.4 Å². The molecule has 0 unspecified atom stereocenters. The molecule has 2 aromatic rings. The highest BCUT2D eigenvalue weighted by atomic mass is 16.7. The van der Waals surface area contributed by atoms with Gasteiger partial charge in [-0.15, -0.1) is 0 Å². The topological polar surface area (TPSA) is 55.8 Å². The van der Waals surface area contributed by atoms with Crippen molar-refractivity contribution < 1.29 is 19.1 Å². The molecule has 2 aromatic carbocycles. The maximum atomic E-state index is 13.1. The number of carbonyl (C=O) groups excluding carboxylic acids is 2. The first-order valence-electron chi connectivity index (χ1n) is 9.63. The standard InChI is InChI=1S/C23H25NO4/c1-15(25)19-21(18-14-27-23(2,3)28-18)24(22(19)26)20(16-10-6-4-7-11-16)17-12-8-5-9-13-17/h4-13,18-21H,14H2,1-3H3/t18-,19+,21+/m0/s1. The van der Waals surface area contributed by atoms with Crippen LogP contribution < -0.4 is 0 Å². The number of benzene rings is 2. The van der Waals surface area contributed by atoms with E-state index in [0.29, 0.717) is 6.61 Å². The zero-order chi connectivity index (χ0) is 19.9. The number of Topliss-reactive ketones (excluding diaryl/α,β-unsaturated/α-hetero) is 1. The van der Waals surface area contributed by atoms with Crippen LogP contribution in [0, 0.1) is 5.92 Å². The van der Waals surface area contributed by atoms with Gasteiger partial charge in [0.05, 0.1) is 18.7 Å². The second-order valence-electron chi connectivity index (χ2n) is 7.92. The summed E-state index contributed by atoms with van der Waals surface area (Å²) in [6, 6.07) is 19.2. The second kappa shape index (κ2) is 7.15. The molecule has 2 heterocycles. The monoisotopic (exact) mass is 379 g/mol. The molecule has 0 aromatic heterocycles. The normalized spacial score (nSPS) is 26.4. The molecule has 0 radical (unpaired) electrons. The summed E-state index contributed by atoms with van der Waals surface area (Å²) in [6.07, 6.45) is -0.337. The maximum absolute atomic E-state index is 13.1. The van der Waals surface area contributed by atoms with Crippen LogP contribution >= 0.6 is 0 Å². The van der Waals surface area contributed by atoms with Crippen LogP contribution in [0.15, 0.2) is 60.7 Å². The van der Waals surface area contributed by atoms with E-state index in [1.54, 1.807) is 0 Å². The zero-order valence-corrected chi connectivity index (χ0v) is 16.4. The van der Waals surface area contributed by atoms with Crippen molar-refractivity contribution in [1.29, 1.82) is 0 Å². The summed E-state index contributed by atoms with van der Waals surface area (Å²) < 4.78 is 11.8. The van der Waals surface area contributed by atoms with Gasteiger partial charge >= 0.3 is 0 Å². The molecule has 5 heteroatoms. The molecule has 0 spiro atoms. The third-order valence-corrected chi connectivity index (χ3v) is 5.54. The van der Waals surface area contributed by atoms with Crippen LogP contribution in [0.3, 0.4) is 0 Å². The molecule has 28 heavy (non-hydrogen) atoms. The Kier molecular flexibility index (Phi) is 4.81. The largest absolute Gasteiger partial charge is 0.348 e. The van der Waals surface area contributed by atoms with Crippen LogP contribution in [-0.4, -0.2) is 41.1 Å². The fourth-order valence-electron chi connectivity index (χ4n) is 4.31. The lowest BCUT2D eigenvalue weighted by molar-refractivity contribution is -0.184. The van der Waals surface area contributed by atoms with E-state index < -0.39 is 11.7 Å². The highest BCUT2D eigenvalue weighted by molar-refractivity contribution is 6.06. The van der Waals surface area contributed by atoms with Crippen molar-refractivity contribution in [3.05, 3.63) is 71.8 Å². The molecule has 0 saturated carbocycles. The van der Waals surface area contributed by atoms with Gasteiger partial charge in [0.2, 0.25) is 5.91 Å². The molecule has 2 saturated heterocycles. The van der Waals surface area contributed by atoms with Crippen molar-refractivity contribution in [3.8, 4) is 0 Å². The Morgan fingerprint density at radius 3 is 2.00 bits per heavy atom. The minimum Gasteiger partial charge on any atom is -0.348 e. The summed E-state index contributed by atoms with van der Waals surface area (Å²) in [6.45, 7) is 5.55. The third kappa shape index (κ3) is 3.25. The molecule has 4 rings (SSSR count). The molecule has 0 bridgehead atoms. The summed E-state index contributed by atoms with van der Waals surface area (Å²) in [7, 11) is 0. The third-order valence-electron chi connectivity index (χ3n) is 5.54. The van der Waals surface area contributed by atoms with Crippen LogP contribution in [0.1, 0.15) is 37.9 Å². The minimum atomic E-state index is -0.717. The first kappa shape index (κ1) is 18.8. The van der Waals surface area contributed by atoms with Gasteiger partial charge in [0.15, 0.2) is 5.79 Å². The lowest BCUT2D eigenvalue weighted by atomic mass is 9.77. The van der Waals surface area contributed by atoms with E-state index in [2.05, 4.69) is 0 Å². The first-order valence-corrected chi connectivity index (χ1v) is 9.63. The smallest absolute Gasteiger partial charge is 0.236 e. The predicted octanol–water partition coefficient (Wildman–Crippen LogP) is 3.34. The van der Waals surface area contributed by atoms with Gasteiger partial charge in [0, 0.05) is 0 Å². The Morgan fingerprint density at radius 1 is 1.04 bits per heavy atom. The summed E-state index contributed by atoms with van der Waals surface area (Å²) >= 11 is 0. The van der Waals surface area contributed by atoms with Crippen molar-refractivity contribution in [2.75, 3.05) is 6.61 Å². The van der Waals surface area contributed by atoms with Gasteiger partial charge in [0.1, 0.15) is 17.8 Å². The summed E-state index contributed by atoms with van der Waals surface area (Å²) in [5.74, 6) is -1.67. The van der Waals surface area contributed by atoms with E-state index in [1.165, 1.54) is 6.92 Å². The lowest BCUT2D eigenvalue weighted by Gasteiger charge is -2.52. The van der Waals surface area contributed by atoms with Gasteiger partial charge in [-0.1, -0.05) is 60.7 Å². The van der Waals surface area contributed by atoms with Gasteiger partial charge in [-0.05, 0) is 31.9 Å². The number of ketones is 1. The van der Waals surface area contributed by atoms with Crippen LogP contribution in [0.2, 0.25) is 0 Å². The van der Waals surface area contributed by atoms with Crippen molar-refractivity contribution in [2.24, 2.45) is 5.92 Å². The predicted molar refractivity (Wildman–Crippen MR) is 104 cm³/mol. The quantitative estimate of drug-likeness (QED) is 0.591. The molecule has 0 N–H and O–H groups in total. The molecular formula is C23H25NO4. The van der Waals surface area contributed by atoms with E-state index in [1.807, 2.05) is 79.4 Å². The Hall–Kier alpha value is -2.50. The fourth-order valence-corrected chi connectivity index (χ4v) is 4.31. The Balaban J connectivity index is 1.76. The number of rotatable bonds is 5. The molecule has 2 fully saturated rings. The SMILES string of the molecule is CC(=O)[C@H]1C(=O)N(C(c2ccccc2)c2ccccc2)[C@@H]1[C@@H]1COC(C)(C)O1. The zero-order valence-electron chi connectivity index (χ0n) is 16.4. The van der Waals surface area contributed by atoms with E-state index in [4.69, 9.17) is 9.47 Å². The van der Waals surface area contributed by atoms with Gasteiger partial charge in [0.25, 0.3) is 0 Å². The van der Waals surface area contributed by atoms with Gasteiger partial charge in [-0.3, -0.25) is 9.59 Å². The first-order chi connectivity index (χ1) is 13.4. The number of hydrogen-bond donors (Lipinski definition) is 0. The highest BCUT2D eigenvalue weighted by Crippen LogP contribution is 2.44. The number of β-lactam (4-membered cyclic amide) rings is 1. The second-order valence-corrected chi connectivity index (χ2v) is 7.92. The number of hydrogen-bond acceptors (Lipinski definition) is 4. The molecule has 1 amide bonds. The van der Waals surface area contributed by atoms with Crippen LogP contribution in [0.5, 0.6) is 0 Å². The van der Waals surface area contributed by atoms with E-state index in [0.717, 1.165) is 11.1 Å². The summed E-state index contributed by atoms with van der Waals surface area (Å²) in [5.41, 5.74) is 2.01. The number of amides is 1. The molecule has 2 aliphatic rings. The van der Waals surface area contributed by atoms with Crippen LogP contribution in [-0.2, 0) is 19.1 Å². The Bertz CT molecular complexity index is 825. The van der Waals surface area contributed by atoms with Gasteiger partial charge in [-0.25, -0.2) is 0 Å². The van der Waals surface area contributed by atoms with Crippen LogP contribution in [0.25, 0.3) is 0 Å². The van der Waals surface area contributed by atoms with Crippen molar-refractivity contribution in [1.82, 2.24) is 4.90 Å². The molecule has 0 aliphatic carbocycles.